The Labute approximate surface area is 101 Å². The molecule has 0 aromatic heterocycles. The van der Waals surface area contributed by atoms with E-state index in [1.807, 2.05) is 0 Å². The summed E-state index contributed by atoms with van der Waals surface area (Å²) in [5.74, 6) is 0.943. The first-order chi connectivity index (χ1) is 7.49. The van der Waals surface area contributed by atoms with Crippen molar-refractivity contribution in [2.45, 2.75) is 58.5 Å². The van der Waals surface area contributed by atoms with Crippen molar-refractivity contribution in [2.75, 3.05) is 26.2 Å². The molecule has 2 rings (SSSR count). The molecule has 0 atom stereocenters. The summed E-state index contributed by atoms with van der Waals surface area (Å²) in [7, 11) is 0. The second-order valence-corrected chi connectivity index (χ2v) is 6.62. The van der Waals surface area contributed by atoms with E-state index >= 15 is 0 Å². The zero-order valence-corrected chi connectivity index (χ0v) is 11.5. The Balaban J connectivity index is 1.77. The summed E-state index contributed by atoms with van der Waals surface area (Å²) in [6.45, 7) is 14.8. The van der Waals surface area contributed by atoms with Crippen LogP contribution in [-0.4, -0.2) is 47.6 Å². The third-order valence-electron chi connectivity index (χ3n) is 4.47. The molecular weight excluding hydrogens is 196 g/mol. The van der Waals surface area contributed by atoms with E-state index < -0.39 is 0 Å². The molecule has 2 saturated heterocycles. The van der Waals surface area contributed by atoms with E-state index in [0.717, 1.165) is 12.0 Å². The average Bonchev–Trinajstić information content (AvgIpc) is 2.62. The lowest BCUT2D eigenvalue weighted by molar-refractivity contribution is 0.0220. The first-order valence-electron chi connectivity index (χ1n) is 6.98. The largest absolute Gasteiger partial charge is 0.300 e. The molecule has 0 aromatic rings. The molecule has 2 nitrogen and oxygen atoms in total. The van der Waals surface area contributed by atoms with Gasteiger partial charge in [0.1, 0.15) is 0 Å². The monoisotopic (exact) mass is 224 g/mol. The molecule has 2 fully saturated rings. The van der Waals surface area contributed by atoms with Crippen molar-refractivity contribution >= 4 is 0 Å². The Bertz CT molecular complexity index is 223. The Hall–Kier alpha value is -0.0800. The van der Waals surface area contributed by atoms with Crippen molar-refractivity contribution in [3.63, 3.8) is 0 Å². The smallest absolute Gasteiger partial charge is 0.0156 e. The number of hydrogen-bond donors (Lipinski definition) is 0. The number of hydrogen-bond acceptors (Lipinski definition) is 2. The molecule has 2 heterocycles. The van der Waals surface area contributed by atoms with Crippen LogP contribution in [0.3, 0.4) is 0 Å². The third-order valence-corrected chi connectivity index (χ3v) is 4.47. The average molecular weight is 224 g/mol. The summed E-state index contributed by atoms with van der Waals surface area (Å²) in [6, 6.07) is 0.742. The highest BCUT2D eigenvalue weighted by molar-refractivity contribution is 4.92. The van der Waals surface area contributed by atoms with Gasteiger partial charge in [0.2, 0.25) is 0 Å². The maximum atomic E-state index is 2.70. The van der Waals surface area contributed by atoms with E-state index in [1.165, 1.54) is 45.4 Å². The van der Waals surface area contributed by atoms with Gasteiger partial charge in [0, 0.05) is 24.7 Å². The molecule has 0 N–H and O–H groups in total. The van der Waals surface area contributed by atoms with Crippen LogP contribution in [0.4, 0.5) is 0 Å². The summed E-state index contributed by atoms with van der Waals surface area (Å²) in [5, 5.41) is 0. The van der Waals surface area contributed by atoms with Crippen LogP contribution >= 0.6 is 0 Å². The summed E-state index contributed by atoms with van der Waals surface area (Å²) in [5.41, 5.74) is 0.435. The van der Waals surface area contributed by atoms with Gasteiger partial charge in [-0.15, -0.1) is 0 Å². The van der Waals surface area contributed by atoms with Crippen LogP contribution in [0.15, 0.2) is 0 Å². The predicted molar refractivity (Wildman–Crippen MR) is 69.7 cm³/mol. The highest BCUT2D eigenvalue weighted by Crippen LogP contribution is 2.32. The van der Waals surface area contributed by atoms with E-state index in [-0.39, 0.29) is 0 Å². The zero-order chi connectivity index (χ0) is 11.8. The first-order valence-corrected chi connectivity index (χ1v) is 6.98. The normalized spacial score (nSPS) is 25.3. The van der Waals surface area contributed by atoms with Crippen LogP contribution in [0.1, 0.15) is 47.0 Å². The standard InChI is InChI=1S/C14H28N2/c1-12(2)15-10-13(11-15)9-14(3,4)16-7-5-6-8-16/h12-13H,5-11H2,1-4H3. The second kappa shape index (κ2) is 4.66. The molecule has 0 radical (unpaired) electrons. The second-order valence-electron chi connectivity index (χ2n) is 6.62. The lowest BCUT2D eigenvalue weighted by Gasteiger charge is -2.47. The van der Waals surface area contributed by atoms with Gasteiger partial charge in [0.15, 0.2) is 0 Å². The molecule has 94 valence electrons. The maximum absolute atomic E-state index is 2.70. The van der Waals surface area contributed by atoms with Gasteiger partial charge in [0.05, 0.1) is 0 Å². The Morgan fingerprint density at radius 2 is 1.69 bits per heavy atom. The van der Waals surface area contributed by atoms with Gasteiger partial charge in [-0.2, -0.15) is 0 Å². The van der Waals surface area contributed by atoms with E-state index in [1.54, 1.807) is 0 Å². The van der Waals surface area contributed by atoms with Gasteiger partial charge in [-0.1, -0.05) is 0 Å². The Kier molecular flexibility index (Phi) is 3.60. The van der Waals surface area contributed by atoms with Crippen molar-refractivity contribution in [3.05, 3.63) is 0 Å². The van der Waals surface area contributed by atoms with E-state index in [2.05, 4.69) is 37.5 Å². The Morgan fingerprint density at radius 1 is 1.12 bits per heavy atom. The molecule has 16 heavy (non-hydrogen) atoms. The lowest BCUT2D eigenvalue weighted by atomic mass is 9.84. The molecule has 2 aliphatic heterocycles. The first kappa shape index (κ1) is 12.4. The molecule has 0 spiro atoms. The molecule has 0 saturated carbocycles. The molecule has 0 bridgehead atoms. The quantitative estimate of drug-likeness (QED) is 0.724. The molecule has 0 amide bonds. The highest BCUT2D eigenvalue weighted by atomic mass is 15.2. The topological polar surface area (TPSA) is 6.48 Å². The zero-order valence-electron chi connectivity index (χ0n) is 11.5. The summed E-state index contributed by atoms with van der Waals surface area (Å²) in [6.07, 6.45) is 4.20. The molecule has 0 aliphatic carbocycles. The van der Waals surface area contributed by atoms with Crippen molar-refractivity contribution in [1.29, 1.82) is 0 Å². The SMILES string of the molecule is CC(C)N1CC(CC(C)(C)N2CCCC2)C1. The molecule has 0 aromatic carbocycles. The van der Waals surface area contributed by atoms with Crippen LogP contribution in [0.25, 0.3) is 0 Å². The molecular formula is C14H28N2. The molecule has 2 aliphatic rings. The van der Waals surface area contributed by atoms with Gasteiger partial charge in [-0.3, -0.25) is 4.90 Å². The third kappa shape index (κ3) is 2.60. The lowest BCUT2D eigenvalue weighted by Crippen LogP contribution is -2.54. The fourth-order valence-electron chi connectivity index (χ4n) is 3.32. The maximum Gasteiger partial charge on any atom is 0.0156 e. The van der Waals surface area contributed by atoms with Crippen LogP contribution in [-0.2, 0) is 0 Å². The summed E-state index contributed by atoms with van der Waals surface area (Å²) >= 11 is 0. The van der Waals surface area contributed by atoms with Gasteiger partial charge in [0.25, 0.3) is 0 Å². The minimum atomic E-state index is 0.435. The van der Waals surface area contributed by atoms with Gasteiger partial charge in [-0.05, 0) is 66.0 Å². The fraction of sp³-hybridized carbons (Fsp3) is 1.00. The van der Waals surface area contributed by atoms with Gasteiger partial charge in [-0.25, -0.2) is 0 Å². The van der Waals surface area contributed by atoms with Crippen molar-refractivity contribution < 1.29 is 0 Å². The van der Waals surface area contributed by atoms with Crippen molar-refractivity contribution in [3.8, 4) is 0 Å². The van der Waals surface area contributed by atoms with Crippen molar-refractivity contribution in [1.82, 2.24) is 9.80 Å². The number of nitrogens with zero attached hydrogens (tertiary/aromatic N) is 2. The van der Waals surface area contributed by atoms with Crippen LogP contribution < -0.4 is 0 Å². The Morgan fingerprint density at radius 3 is 2.19 bits per heavy atom. The predicted octanol–water partition coefficient (Wildman–Crippen LogP) is 2.59. The number of rotatable bonds is 4. The summed E-state index contributed by atoms with van der Waals surface area (Å²) < 4.78 is 0. The summed E-state index contributed by atoms with van der Waals surface area (Å²) in [4.78, 5) is 5.29. The van der Waals surface area contributed by atoms with E-state index in [4.69, 9.17) is 0 Å². The minimum Gasteiger partial charge on any atom is -0.300 e. The molecule has 2 heteroatoms. The minimum absolute atomic E-state index is 0.435. The van der Waals surface area contributed by atoms with E-state index in [0.29, 0.717) is 5.54 Å². The van der Waals surface area contributed by atoms with Gasteiger partial charge < -0.3 is 4.90 Å². The van der Waals surface area contributed by atoms with Crippen LogP contribution in [0.5, 0.6) is 0 Å². The number of likely N-dealkylation sites (tertiary alicyclic amines) is 2. The van der Waals surface area contributed by atoms with E-state index in [9.17, 15) is 0 Å². The fourth-order valence-corrected chi connectivity index (χ4v) is 3.32. The van der Waals surface area contributed by atoms with Gasteiger partial charge >= 0.3 is 0 Å². The highest BCUT2D eigenvalue weighted by Gasteiger charge is 2.36. The van der Waals surface area contributed by atoms with Crippen LogP contribution in [0.2, 0.25) is 0 Å². The molecule has 0 unspecified atom stereocenters. The van der Waals surface area contributed by atoms with Crippen molar-refractivity contribution in [2.24, 2.45) is 5.92 Å². The van der Waals surface area contributed by atoms with Crippen LogP contribution in [0, 0.1) is 5.92 Å².